The number of amides is 2. The fourth-order valence-corrected chi connectivity index (χ4v) is 4.28. The van der Waals surface area contributed by atoms with Gasteiger partial charge in [-0.05, 0) is 50.1 Å². The zero-order valence-electron chi connectivity index (χ0n) is 21.2. The molecule has 194 valence electrons. The predicted octanol–water partition coefficient (Wildman–Crippen LogP) is 4.56. The van der Waals surface area contributed by atoms with Crippen molar-refractivity contribution in [3.05, 3.63) is 83.7 Å². The Labute approximate surface area is 220 Å². The topological polar surface area (TPSA) is 115 Å². The number of esters is 1. The van der Waals surface area contributed by atoms with Crippen LogP contribution in [0.5, 0.6) is 0 Å². The molecule has 1 aromatic heterocycles. The molecule has 2 N–H and O–H groups in total. The van der Waals surface area contributed by atoms with E-state index in [-0.39, 0.29) is 17.6 Å². The number of allylic oxidation sites excluding steroid dienone is 1. The quantitative estimate of drug-likeness (QED) is 0.204. The highest BCUT2D eigenvalue weighted by molar-refractivity contribution is 7.99. The van der Waals surface area contributed by atoms with Gasteiger partial charge in [0.25, 0.3) is 5.91 Å². The summed E-state index contributed by atoms with van der Waals surface area (Å²) in [4.78, 5) is 37.4. The molecule has 1 heterocycles. The summed E-state index contributed by atoms with van der Waals surface area (Å²) in [6.45, 7) is 10.2. The van der Waals surface area contributed by atoms with Crippen molar-refractivity contribution in [3.63, 3.8) is 0 Å². The molecule has 0 saturated carbocycles. The zero-order valence-corrected chi connectivity index (χ0v) is 22.0. The number of carbonyl (C=O) groups excluding carboxylic acids is 3. The molecule has 0 saturated heterocycles. The smallest absolute Gasteiger partial charge is 0.338 e. The summed E-state index contributed by atoms with van der Waals surface area (Å²) in [5.41, 5.74) is 2.34. The van der Waals surface area contributed by atoms with E-state index in [4.69, 9.17) is 4.74 Å². The molecule has 0 aliphatic rings. The maximum Gasteiger partial charge on any atom is 0.338 e. The van der Waals surface area contributed by atoms with Gasteiger partial charge in [-0.1, -0.05) is 49.0 Å². The summed E-state index contributed by atoms with van der Waals surface area (Å²) in [5.74, 6) is -0.263. The number of hydrogen-bond donors (Lipinski definition) is 2. The molecule has 1 atom stereocenters. The van der Waals surface area contributed by atoms with E-state index in [0.717, 1.165) is 12.0 Å². The molecular weight excluding hydrogens is 490 g/mol. The second-order valence-electron chi connectivity index (χ2n) is 8.30. The lowest BCUT2D eigenvalue weighted by Gasteiger charge is -2.16. The molecule has 10 heteroatoms. The molecule has 2 amide bonds. The first-order valence-electron chi connectivity index (χ1n) is 11.9. The van der Waals surface area contributed by atoms with Crippen LogP contribution in [0.1, 0.15) is 58.4 Å². The lowest BCUT2D eigenvalue weighted by molar-refractivity contribution is -0.113. The third-order valence-electron chi connectivity index (χ3n) is 5.33. The molecule has 0 bridgehead atoms. The molecule has 37 heavy (non-hydrogen) atoms. The van der Waals surface area contributed by atoms with E-state index in [2.05, 4.69) is 27.4 Å². The summed E-state index contributed by atoms with van der Waals surface area (Å²) in [5, 5.41) is 14.8. The van der Waals surface area contributed by atoms with Gasteiger partial charge in [0.1, 0.15) is 0 Å². The number of anilines is 1. The molecule has 0 aliphatic heterocycles. The minimum absolute atomic E-state index is 0.0731. The van der Waals surface area contributed by atoms with Gasteiger partial charge in [0.2, 0.25) is 5.91 Å². The summed E-state index contributed by atoms with van der Waals surface area (Å²) in [6, 6.07) is 13.6. The van der Waals surface area contributed by atoms with E-state index in [1.54, 1.807) is 36.4 Å². The lowest BCUT2D eigenvalue weighted by Crippen LogP contribution is -2.29. The van der Waals surface area contributed by atoms with Crippen molar-refractivity contribution in [1.29, 1.82) is 0 Å². The third kappa shape index (κ3) is 7.53. The van der Waals surface area contributed by atoms with Gasteiger partial charge in [-0.3, -0.25) is 9.59 Å². The van der Waals surface area contributed by atoms with Crippen LogP contribution in [-0.2, 0) is 16.1 Å². The van der Waals surface area contributed by atoms with Gasteiger partial charge >= 0.3 is 5.97 Å². The molecule has 3 rings (SSSR count). The second kappa shape index (κ2) is 13.4. The van der Waals surface area contributed by atoms with Gasteiger partial charge in [0, 0.05) is 17.8 Å². The number of thioether (sulfide) groups is 1. The van der Waals surface area contributed by atoms with Crippen molar-refractivity contribution in [2.24, 2.45) is 0 Å². The van der Waals surface area contributed by atoms with Gasteiger partial charge in [-0.25, -0.2) is 4.79 Å². The van der Waals surface area contributed by atoms with Crippen molar-refractivity contribution < 1.29 is 19.1 Å². The number of benzene rings is 2. The first-order valence-corrected chi connectivity index (χ1v) is 12.9. The number of aryl methyl sites for hydroxylation is 1. The van der Waals surface area contributed by atoms with Crippen molar-refractivity contribution in [1.82, 2.24) is 20.1 Å². The van der Waals surface area contributed by atoms with Crippen LogP contribution in [0.25, 0.3) is 0 Å². The Balaban J connectivity index is 1.64. The first kappa shape index (κ1) is 27.7. The standard InChI is InChI=1S/C27H31N5O4S/c1-5-14-32-24(19(4)28-25(34)22-13-8-7-10-18(22)3)30-31-27(32)37-17-23(33)29-21-12-9-11-20(16-21)26(35)36-15-6-2/h5,7-13,16,19H,1,6,14-15,17H2,2-4H3,(H,28,34)(H,29,33)/t19-/m0/s1. The highest BCUT2D eigenvalue weighted by atomic mass is 32.2. The second-order valence-corrected chi connectivity index (χ2v) is 9.25. The normalized spacial score (nSPS) is 11.4. The van der Waals surface area contributed by atoms with Gasteiger partial charge < -0.3 is 19.9 Å². The number of nitrogens with one attached hydrogen (secondary N) is 2. The fourth-order valence-electron chi connectivity index (χ4n) is 3.52. The van der Waals surface area contributed by atoms with Crippen LogP contribution in [-0.4, -0.2) is 44.9 Å². The Morgan fingerprint density at radius 3 is 2.68 bits per heavy atom. The van der Waals surface area contributed by atoms with Crippen LogP contribution < -0.4 is 10.6 Å². The van der Waals surface area contributed by atoms with Gasteiger partial charge in [0.05, 0.1) is 24.0 Å². The zero-order chi connectivity index (χ0) is 26.8. The van der Waals surface area contributed by atoms with Crippen LogP contribution in [0.2, 0.25) is 0 Å². The van der Waals surface area contributed by atoms with Crippen molar-refractivity contribution in [2.75, 3.05) is 17.7 Å². The molecule has 3 aromatic rings. The molecule has 9 nitrogen and oxygen atoms in total. The molecule has 0 unspecified atom stereocenters. The summed E-state index contributed by atoms with van der Waals surface area (Å²) < 4.78 is 6.96. The number of hydrogen-bond acceptors (Lipinski definition) is 7. The molecule has 2 aromatic carbocycles. The number of aromatic nitrogens is 3. The summed E-state index contributed by atoms with van der Waals surface area (Å²) in [6.07, 6.45) is 2.44. The monoisotopic (exact) mass is 521 g/mol. The van der Waals surface area contributed by atoms with Crippen molar-refractivity contribution >= 4 is 35.2 Å². The Morgan fingerprint density at radius 2 is 1.95 bits per heavy atom. The lowest BCUT2D eigenvalue weighted by atomic mass is 10.1. The predicted molar refractivity (Wildman–Crippen MR) is 144 cm³/mol. The molecule has 0 spiro atoms. The maximum atomic E-state index is 12.8. The van der Waals surface area contributed by atoms with E-state index < -0.39 is 12.0 Å². The Bertz CT molecular complexity index is 1270. The largest absolute Gasteiger partial charge is 0.462 e. The number of ether oxygens (including phenoxy) is 1. The van der Waals surface area contributed by atoms with E-state index in [9.17, 15) is 14.4 Å². The van der Waals surface area contributed by atoms with Crippen LogP contribution in [0, 0.1) is 6.92 Å². The number of carbonyl (C=O) groups is 3. The SMILES string of the molecule is C=CCn1c(SCC(=O)Nc2cccc(C(=O)OCCC)c2)nnc1[C@H](C)NC(=O)c1ccccc1C. The maximum absolute atomic E-state index is 12.8. The van der Waals surface area contributed by atoms with Gasteiger partial charge in [0.15, 0.2) is 11.0 Å². The van der Waals surface area contributed by atoms with Crippen molar-refractivity contribution in [3.8, 4) is 0 Å². The Kier molecular flexibility index (Phi) is 10.0. The van der Waals surface area contributed by atoms with Crippen LogP contribution in [0.15, 0.2) is 66.3 Å². The summed E-state index contributed by atoms with van der Waals surface area (Å²) >= 11 is 1.22. The van der Waals surface area contributed by atoms with E-state index in [0.29, 0.717) is 40.9 Å². The minimum atomic E-state index is -0.430. The minimum Gasteiger partial charge on any atom is -0.462 e. The van der Waals surface area contributed by atoms with E-state index in [1.807, 2.05) is 43.5 Å². The molecule has 0 radical (unpaired) electrons. The van der Waals surface area contributed by atoms with Crippen molar-refractivity contribution in [2.45, 2.75) is 44.9 Å². The third-order valence-corrected chi connectivity index (χ3v) is 6.30. The molecule has 0 fully saturated rings. The summed E-state index contributed by atoms with van der Waals surface area (Å²) in [7, 11) is 0. The van der Waals surface area contributed by atoms with Gasteiger partial charge in [-0.2, -0.15) is 0 Å². The Hall–Kier alpha value is -3.92. The van der Waals surface area contributed by atoms with Crippen LogP contribution in [0.3, 0.4) is 0 Å². The first-order chi connectivity index (χ1) is 17.8. The van der Waals surface area contributed by atoms with E-state index in [1.165, 1.54) is 11.8 Å². The van der Waals surface area contributed by atoms with Gasteiger partial charge in [-0.15, -0.1) is 16.8 Å². The number of nitrogens with zero attached hydrogens (tertiary/aromatic N) is 3. The Morgan fingerprint density at radius 1 is 1.16 bits per heavy atom. The molecule has 0 aliphatic carbocycles. The average Bonchev–Trinajstić information content (AvgIpc) is 3.29. The van der Waals surface area contributed by atoms with Crippen LogP contribution in [0.4, 0.5) is 5.69 Å². The fraction of sp³-hybridized carbons (Fsp3) is 0.296. The van der Waals surface area contributed by atoms with E-state index >= 15 is 0 Å². The highest BCUT2D eigenvalue weighted by Crippen LogP contribution is 2.22. The average molecular weight is 522 g/mol. The highest BCUT2D eigenvalue weighted by Gasteiger charge is 2.21. The van der Waals surface area contributed by atoms with Crippen LogP contribution >= 0.6 is 11.8 Å². The molecular formula is C27H31N5O4S. The number of rotatable bonds is 12.